The SMILES string of the molecule is C/C=C(\C)C(=O)O[C@@H]1C2C=C3C(CC[C@]4(C)C3CC(=O)O[C@H]4C3=CC(=O)OC3O)[C@](C)(C2=O)[C@@H](CC(=O)OC)C1(C)C. The maximum absolute atomic E-state index is 14.4. The third kappa shape index (κ3) is 4.28. The lowest BCUT2D eigenvalue weighted by Crippen LogP contribution is -2.67. The molecule has 4 unspecified atom stereocenters. The zero-order chi connectivity index (χ0) is 30.9. The number of Topliss-reactive ketones (excluding diaryl/α,β-unsaturated/α-hetero) is 1. The van der Waals surface area contributed by atoms with E-state index in [9.17, 15) is 29.1 Å². The van der Waals surface area contributed by atoms with Gasteiger partial charge in [0.1, 0.15) is 18.0 Å². The lowest BCUT2D eigenvalue weighted by molar-refractivity contribution is -0.194. The molecule has 0 aromatic carbocycles. The Balaban J connectivity index is 1.66. The molecule has 5 rings (SSSR count). The van der Waals surface area contributed by atoms with Crippen LogP contribution in [0.3, 0.4) is 0 Å². The summed E-state index contributed by atoms with van der Waals surface area (Å²) in [5, 5.41) is 10.5. The third-order valence-corrected chi connectivity index (χ3v) is 11.1. The van der Waals surface area contributed by atoms with E-state index in [0.29, 0.717) is 18.4 Å². The quantitative estimate of drug-likeness (QED) is 0.221. The molecule has 9 atom stereocenters. The second-order valence-electron chi connectivity index (χ2n) is 13.4. The summed E-state index contributed by atoms with van der Waals surface area (Å²) in [5.74, 6) is -4.26. The highest BCUT2D eigenvalue weighted by molar-refractivity contribution is 5.94. The lowest BCUT2D eigenvalue weighted by atomic mass is 9.40. The minimum Gasteiger partial charge on any atom is -0.469 e. The van der Waals surface area contributed by atoms with Crippen LogP contribution in [0.25, 0.3) is 0 Å². The Morgan fingerprint density at radius 3 is 2.38 bits per heavy atom. The Morgan fingerprint density at radius 1 is 1.10 bits per heavy atom. The van der Waals surface area contributed by atoms with Gasteiger partial charge in [-0.25, -0.2) is 9.59 Å². The molecule has 3 fully saturated rings. The molecular formula is C32H40O10. The number of aliphatic hydroxyl groups is 1. The molecule has 2 saturated carbocycles. The molecular weight excluding hydrogens is 544 g/mol. The summed E-state index contributed by atoms with van der Waals surface area (Å²) in [6.07, 6.45) is 2.56. The van der Waals surface area contributed by atoms with E-state index in [2.05, 4.69) is 0 Å². The molecule has 2 heterocycles. The molecule has 1 N–H and O–H groups in total. The number of allylic oxidation sites excluding steroid dienone is 2. The Hall–Kier alpha value is -3.27. The number of hydrogen-bond acceptors (Lipinski definition) is 10. The first-order valence-electron chi connectivity index (χ1n) is 14.6. The normalized spacial score (nSPS) is 40.5. The Bertz CT molecular complexity index is 1340. The van der Waals surface area contributed by atoms with Crippen molar-refractivity contribution >= 4 is 29.7 Å². The Labute approximate surface area is 245 Å². The summed E-state index contributed by atoms with van der Waals surface area (Å²) in [6, 6.07) is 0. The summed E-state index contributed by atoms with van der Waals surface area (Å²) in [4.78, 5) is 65.3. The van der Waals surface area contributed by atoms with Crippen LogP contribution in [-0.4, -0.2) is 60.4 Å². The molecule has 228 valence electrons. The smallest absolute Gasteiger partial charge is 0.333 e. The van der Waals surface area contributed by atoms with E-state index in [1.165, 1.54) is 13.2 Å². The molecule has 0 spiro atoms. The van der Waals surface area contributed by atoms with E-state index < -0.39 is 70.5 Å². The zero-order valence-electron chi connectivity index (χ0n) is 25.2. The van der Waals surface area contributed by atoms with E-state index in [-0.39, 0.29) is 36.0 Å². The number of esters is 4. The zero-order valence-corrected chi connectivity index (χ0v) is 25.2. The minimum atomic E-state index is -1.51. The van der Waals surface area contributed by atoms with Crippen molar-refractivity contribution in [1.29, 1.82) is 0 Å². The molecule has 3 aliphatic carbocycles. The van der Waals surface area contributed by atoms with Gasteiger partial charge in [0.15, 0.2) is 0 Å². The van der Waals surface area contributed by atoms with Gasteiger partial charge in [-0.05, 0) is 44.4 Å². The van der Waals surface area contributed by atoms with Crippen molar-refractivity contribution in [3.63, 3.8) is 0 Å². The van der Waals surface area contributed by atoms with Gasteiger partial charge < -0.3 is 24.1 Å². The third-order valence-electron chi connectivity index (χ3n) is 11.1. The van der Waals surface area contributed by atoms with Crippen molar-refractivity contribution in [2.45, 2.75) is 85.7 Å². The number of fused-ring (bicyclic) bond motifs is 6. The fourth-order valence-electron chi connectivity index (χ4n) is 8.68. The summed E-state index contributed by atoms with van der Waals surface area (Å²) in [5.41, 5.74) is -0.986. The average molecular weight is 585 g/mol. The number of carbonyl (C=O) groups excluding carboxylic acids is 5. The number of hydrogen-bond donors (Lipinski definition) is 1. The van der Waals surface area contributed by atoms with Crippen LogP contribution >= 0.6 is 0 Å². The van der Waals surface area contributed by atoms with Crippen molar-refractivity contribution in [1.82, 2.24) is 0 Å². The summed E-state index contributed by atoms with van der Waals surface area (Å²) in [7, 11) is 1.31. The van der Waals surface area contributed by atoms with Gasteiger partial charge in [-0.3, -0.25) is 14.4 Å². The number of ether oxygens (including phenoxy) is 4. The molecule has 0 amide bonds. The second-order valence-corrected chi connectivity index (χ2v) is 13.4. The van der Waals surface area contributed by atoms with E-state index in [4.69, 9.17) is 18.9 Å². The molecule has 0 radical (unpaired) electrons. The fourth-order valence-corrected chi connectivity index (χ4v) is 8.68. The van der Waals surface area contributed by atoms with Gasteiger partial charge in [-0.2, -0.15) is 0 Å². The van der Waals surface area contributed by atoms with Crippen LogP contribution in [0.5, 0.6) is 0 Å². The highest BCUT2D eigenvalue weighted by Gasteiger charge is 2.69. The number of methoxy groups -OCH3 is 1. The van der Waals surface area contributed by atoms with Crippen molar-refractivity contribution in [3.8, 4) is 0 Å². The predicted molar refractivity (Wildman–Crippen MR) is 147 cm³/mol. The Kier molecular flexibility index (Phi) is 7.32. The highest BCUT2D eigenvalue weighted by Crippen LogP contribution is 2.67. The van der Waals surface area contributed by atoms with E-state index in [0.717, 1.165) is 5.57 Å². The summed E-state index contributed by atoms with van der Waals surface area (Å²) >= 11 is 0. The number of aliphatic hydroxyl groups excluding tert-OH is 1. The molecule has 10 heteroatoms. The van der Waals surface area contributed by atoms with Crippen LogP contribution in [0.4, 0.5) is 0 Å². The van der Waals surface area contributed by atoms with Crippen molar-refractivity contribution < 1.29 is 48.0 Å². The summed E-state index contributed by atoms with van der Waals surface area (Å²) in [6.45, 7) is 11.1. The lowest BCUT2D eigenvalue weighted by Gasteiger charge is -2.64. The van der Waals surface area contributed by atoms with Crippen molar-refractivity contribution in [3.05, 3.63) is 34.9 Å². The van der Waals surface area contributed by atoms with Gasteiger partial charge in [0, 0.05) is 39.9 Å². The second kappa shape index (κ2) is 10.2. The summed E-state index contributed by atoms with van der Waals surface area (Å²) < 4.78 is 21.9. The molecule has 0 aromatic rings. The van der Waals surface area contributed by atoms with Gasteiger partial charge in [-0.15, -0.1) is 0 Å². The van der Waals surface area contributed by atoms with E-state index in [1.54, 1.807) is 19.9 Å². The first kappa shape index (κ1) is 30.2. The van der Waals surface area contributed by atoms with Gasteiger partial charge in [0.2, 0.25) is 6.29 Å². The molecule has 42 heavy (non-hydrogen) atoms. The first-order valence-corrected chi connectivity index (χ1v) is 14.6. The molecule has 2 bridgehead atoms. The van der Waals surface area contributed by atoms with Crippen molar-refractivity contribution in [2.24, 2.45) is 39.9 Å². The van der Waals surface area contributed by atoms with Crippen molar-refractivity contribution in [2.75, 3.05) is 7.11 Å². The topological polar surface area (TPSA) is 142 Å². The minimum absolute atomic E-state index is 0.0377. The predicted octanol–water partition coefficient (Wildman–Crippen LogP) is 3.36. The monoisotopic (exact) mass is 584 g/mol. The molecule has 1 saturated heterocycles. The maximum Gasteiger partial charge on any atom is 0.333 e. The Morgan fingerprint density at radius 2 is 1.79 bits per heavy atom. The molecule has 0 aromatic heterocycles. The highest BCUT2D eigenvalue weighted by atomic mass is 16.6. The largest absolute Gasteiger partial charge is 0.469 e. The van der Waals surface area contributed by atoms with Crippen LogP contribution in [0.1, 0.15) is 67.2 Å². The molecule has 2 aliphatic heterocycles. The average Bonchev–Trinajstić information content (AvgIpc) is 3.27. The molecule has 5 aliphatic rings. The first-order chi connectivity index (χ1) is 19.6. The van der Waals surface area contributed by atoms with Gasteiger partial charge in [-0.1, -0.05) is 45.4 Å². The van der Waals surface area contributed by atoms with Crippen LogP contribution in [0, 0.1) is 39.9 Å². The maximum atomic E-state index is 14.4. The number of carbonyl (C=O) groups is 5. The van der Waals surface area contributed by atoms with Crippen LogP contribution in [-0.2, 0) is 42.9 Å². The van der Waals surface area contributed by atoms with Gasteiger partial charge >= 0.3 is 23.9 Å². The standard InChI is InChI=1S/C32H40O10/c1-8-15(2)28(37)42-26-17-11-16-19(32(6,25(17)36)21(30(26,3)4)14-22(33)39-7)9-10-31(5)20(16)13-24(35)40-27(31)18-12-23(34)41-29(18)38/h8,11-12,17,19-21,26-27,29,38H,9-10,13-14H2,1-7H3/b15-8+/t17?,19?,20?,21-,26+,27-,29?,31+,32-/m0/s1. The van der Waals surface area contributed by atoms with Crippen LogP contribution in [0.2, 0.25) is 0 Å². The molecule has 10 nitrogen and oxygen atoms in total. The van der Waals surface area contributed by atoms with E-state index >= 15 is 0 Å². The van der Waals surface area contributed by atoms with Crippen LogP contribution in [0.15, 0.2) is 34.9 Å². The van der Waals surface area contributed by atoms with E-state index in [1.807, 2.05) is 33.8 Å². The fraction of sp³-hybridized carbons (Fsp3) is 0.656. The van der Waals surface area contributed by atoms with Gasteiger partial charge in [0.05, 0.1) is 19.4 Å². The van der Waals surface area contributed by atoms with Crippen LogP contribution < -0.4 is 0 Å². The number of ketones is 1. The number of cyclic esters (lactones) is 2. The van der Waals surface area contributed by atoms with Gasteiger partial charge in [0.25, 0.3) is 0 Å². The number of rotatable bonds is 5.